The summed E-state index contributed by atoms with van der Waals surface area (Å²) < 4.78 is 13.5. The van der Waals surface area contributed by atoms with Crippen molar-refractivity contribution < 1.29 is 4.39 Å². The zero-order valence-electron chi connectivity index (χ0n) is 11.0. The molecule has 20 heavy (non-hydrogen) atoms. The molecule has 0 unspecified atom stereocenters. The molecule has 0 aliphatic heterocycles. The van der Waals surface area contributed by atoms with E-state index in [4.69, 9.17) is 5.26 Å². The van der Waals surface area contributed by atoms with Crippen LogP contribution in [0.3, 0.4) is 0 Å². The first-order chi connectivity index (χ1) is 9.69. The molecular weight excluding hydrogens is 255 g/mol. The third-order valence-corrected chi connectivity index (χ3v) is 3.26. The topological polar surface area (TPSA) is 61.6 Å². The summed E-state index contributed by atoms with van der Waals surface area (Å²) in [5, 5.41) is 11.9. The standard InChI is InChI=1S/C15H13FN4/c1-18-14-7-13(19-15(20-14)10-2-3-10)11-4-9(8-17)5-12(16)6-11/h4-7,10H,2-3H2,1H3,(H,18,19,20). The quantitative estimate of drug-likeness (QED) is 0.929. The largest absolute Gasteiger partial charge is 0.373 e. The normalized spacial score (nSPS) is 13.8. The van der Waals surface area contributed by atoms with Gasteiger partial charge in [-0.3, -0.25) is 0 Å². The Labute approximate surface area is 116 Å². The predicted molar refractivity (Wildman–Crippen MR) is 73.7 cm³/mol. The summed E-state index contributed by atoms with van der Waals surface area (Å²) in [5.41, 5.74) is 1.53. The van der Waals surface area contributed by atoms with E-state index in [1.165, 1.54) is 12.1 Å². The summed E-state index contributed by atoms with van der Waals surface area (Å²) >= 11 is 0. The molecule has 0 atom stereocenters. The smallest absolute Gasteiger partial charge is 0.134 e. The van der Waals surface area contributed by atoms with Crippen molar-refractivity contribution in [3.8, 4) is 17.3 Å². The van der Waals surface area contributed by atoms with Crippen LogP contribution < -0.4 is 5.32 Å². The van der Waals surface area contributed by atoms with E-state index in [1.54, 1.807) is 19.2 Å². The number of rotatable bonds is 3. The number of halogens is 1. The van der Waals surface area contributed by atoms with Crippen molar-refractivity contribution in [3.05, 3.63) is 41.5 Å². The maximum Gasteiger partial charge on any atom is 0.134 e. The second-order valence-corrected chi connectivity index (χ2v) is 4.86. The van der Waals surface area contributed by atoms with Gasteiger partial charge < -0.3 is 5.32 Å². The van der Waals surface area contributed by atoms with Crippen molar-refractivity contribution >= 4 is 5.82 Å². The van der Waals surface area contributed by atoms with Crippen molar-refractivity contribution in [2.45, 2.75) is 18.8 Å². The Morgan fingerprint density at radius 1 is 1.25 bits per heavy atom. The van der Waals surface area contributed by atoms with Gasteiger partial charge in [0.1, 0.15) is 17.5 Å². The van der Waals surface area contributed by atoms with Crippen LogP contribution in [0.4, 0.5) is 10.2 Å². The molecule has 2 aromatic rings. The van der Waals surface area contributed by atoms with Crippen LogP contribution in [0, 0.1) is 17.1 Å². The molecule has 4 nitrogen and oxygen atoms in total. The summed E-state index contributed by atoms with van der Waals surface area (Å²) in [6.07, 6.45) is 2.19. The number of hydrogen-bond donors (Lipinski definition) is 1. The number of benzene rings is 1. The van der Waals surface area contributed by atoms with Crippen LogP contribution in [0.25, 0.3) is 11.3 Å². The monoisotopic (exact) mass is 268 g/mol. The average Bonchev–Trinajstić information content (AvgIpc) is 3.30. The maximum atomic E-state index is 13.5. The third-order valence-electron chi connectivity index (χ3n) is 3.26. The fraction of sp³-hybridized carbons (Fsp3) is 0.267. The van der Waals surface area contributed by atoms with E-state index < -0.39 is 5.82 Å². The predicted octanol–water partition coefficient (Wildman–Crippen LogP) is 3.07. The summed E-state index contributed by atoms with van der Waals surface area (Å²) in [5.74, 6) is 1.47. The molecule has 0 amide bonds. The molecule has 1 aromatic heterocycles. The Morgan fingerprint density at radius 2 is 2.05 bits per heavy atom. The fourth-order valence-corrected chi connectivity index (χ4v) is 2.07. The zero-order chi connectivity index (χ0) is 14.1. The van der Waals surface area contributed by atoms with Crippen LogP contribution in [0.1, 0.15) is 30.1 Å². The van der Waals surface area contributed by atoms with Gasteiger partial charge in [-0.2, -0.15) is 5.26 Å². The lowest BCUT2D eigenvalue weighted by atomic mass is 10.1. The SMILES string of the molecule is CNc1cc(-c2cc(F)cc(C#N)c2)nc(C2CC2)n1. The molecule has 0 spiro atoms. The van der Waals surface area contributed by atoms with Gasteiger partial charge in [0.15, 0.2) is 0 Å². The molecule has 5 heteroatoms. The third kappa shape index (κ3) is 2.45. The molecule has 1 N–H and O–H groups in total. The average molecular weight is 268 g/mol. The number of nitrogens with one attached hydrogen (secondary N) is 1. The van der Waals surface area contributed by atoms with Gasteiger partial charge in [0.25, 0.3) is 0 Å². The molecule has 100 valence electrons. The summed E-state index contributed by atoms with van der Waals surface area (Å²) in [4.78, 5) is 8.93. The lowest BCUT2D eigenvalue weighted by Gasteiger charge is -2.08. The first-order valence-corrected chi connectivity index (χ1v) is 6.47. The van der Waals surface area contributed by atoms with Gasteiger partial charge in [0, 0.05) is 24.6 Å². The number of anilines is 1. The minimum Gasteiger partial charge on any atom is -0.373 e. The van der Waals surface area contributed by atoms with Crippen molar-refractivity contribution in [3.63, 3.8) is 0 Å². The fourth-order valence-electron chi connectivity index (χ4n) is 2.07. The van der Waals surface area contributed by atoms with E-state index in [0.717, 1.165) is 18.7 Å². The van der Waals surface area contributed by atoms with Crippen LogP contribution in [-0.2, 0) is 0 Å². The van der Waals surface area contributed by atoms with Crippen LogP contribution >= 0.6 is 0 Å². The number of hydrogen-bond acceptors (Lipinski definition) is 4. The van der Waals surface area contributed by atoms with Crippen molar-refractivity contribution in [2.24, 2.45) is 0 Å². The molecule has 3 rings (SSSR count). The van der Waals surface area contributed by atoms with E-state index >= 15 is 0 Å². The first-order valence-electron chi connectivity index (χ1n) is 6.47. The Kier molecular flexibility index (Phi) is 3.07. The van der Waals surface area contributed by atoms with Gasteiger partial charge in [0.2, 0.25) is 0 Å². The van der Waals surface area contributed by atoms with Crippen LogP contribution in [-0.4, -0.2) is 17.0 Å². The Bertz CT molecular complexity index is 702. The lowest BCUT2D eigenvalue weighted by Crippen LogP contribution is -2.01. The van der Waals surface area contributed by atoms with Crippen molar-refractivity contribution in [1.29, 1.82) is 5.26 Å². The molecule has 1 saturated carbocycles. The zero-order valence-corrected chi connectivity index (χ0v) is 11.0. The number of nitriles is 1. The highest BCUT2D eigenvalue weighted by Crippen LogP contribution is 2.39. The highest BCUT2D eigenvalue weighted by atomic mass is 19.1. The minimum absolute atomic E-state index is 0.289. The summed E-state index contributed by atoms with van der Waals surface area (Å²) in [6.45, 7) is 0. The molecule has 0 radical (unpaired) electrons. The van der Waals surface area contributed by atoms with E-state index in [1.807, 2.05) is 6.07 Å². The van der Waals surface area contributed by atoms with E-state index in [-0.39, 0.29) is 5.56 Å². The van der Waals surface area contributed by atoms with Gasteiger partial charge >= 0.3 is 0 Å². The van der Waals surface area contributed by atoms with E-state index in [9.17, 15) is 4.39 Å². The molecule has 0 saturated heterocycles. The Balaban J connectivity index is 2.11. The van der Waals surface area contributed by atoms with Crippen molar-refractivity contribution in [1.82, 2.24) is 9.97 Å². The van der Waals surface area contributed by atoms with Crippen molar-refractivity contribution in [2.75, 3.05) is 12.4 Å². The van der Waals surface area contributed by atoms with Gasteiger partial charge in [-0.15, -0.1) is 0 Å². The molecule has 1 aromatic carbocycles. The molecule has 1 aliphatic rings. The van der Waals surface area contributed by atoms with E-state index in [0.29, 0.717) is 23.0 Å². The first kappa shape index (κ1) is 12.5. The van der Waals surface area contributed by atoms with Gasteiger partial charge in [0.05, 0.1) is 17.3 Å². The Hall–Kier alpha value is -2.48. The number of nitrogens with zero attached hydrogens (tertiary/aromatic N) is 3. The van der Waals surface area contributed by atoms with Gasteiger partial charge in [-0.1, -0.05) is 0 Å². The van der Waals surface area contributed by atoms with Crippen LogP contribution in [0.15, 0.2) is 24.3 Å². The highest BCUT2D eigenvalue weighted by Gasteiger charge is 2.27. The van der Waals surface area contributed by atoms with Crippen LogP contribution in [0.5, 0.6) is 0 Å². The minimum atomic E-state index is -0.434. The lowest BCUT2D eigenvalue weighted by molar-refractivity contribution is 0.627. The summed E-state index contributed by atoms with van der Waals surface area (Å²) in [7, 11) is 1.79. The van der Waals surface area contributed by atoms with Gasteiger partial charge in [-0.25, -0.2) is 14.4 Å². The molecule has 0 bridgehead atoms. The molecule has 1 aliphatic carbocycles. The maximum absolute atomic E-state index is 13.5. The summed E-state index contributed by atoms with van der Waals surface area (Å²) in [6, 6.07) is 7.97. The van der Waals surface area contributed by atoms with E-state index in [2.05, 4.69) is 15.3 Å². The second-order valence-electron chi connectivity index (χ2n) is 4.86. The molecule has 1 fully saturated rings. The second kappa shape index (κ2) is 4.89. The highest BCUT2D eigenvalue weighted by molar-refractivity contribution is 5.64. The number of aromatic nitrogens is 2. The molecular formula is C15H13FN4. The van der Waals surface area contributed by atoms with Crippen LogP contribution in [0.2, 0.25) is 0 Å². The molecule has 1 heterocycles. The van der Waals surface area contributed by atoms with Gasteiger partial charge in [-0.05, 0) is 31.0 Å². The Morgan fingerprint density at radius 3 is 2.70 bits per heavy atom.